The van der Waals surface area contributed by atoms with E-state index in [1.54, 1.807) is 0 Å². The van der Waals surface area contributed by atoms with E-state index in [0.29, 0.717) is 0 Å². The van der Waals surface area contributed by atoms with Crippen molar-refractivity contribution in [3.05, 3.63) is 59.7 Å². The van der Waals surface area contributed by atoms with Crippen molar-refractivity contribution in [2.24, 2.45) is 0 Å². The number of aliphatic hydroxyl groups is 1. The fourth-order valence-electron chi connectivity index (χ4n) is 2.28. The van der Waals surface area contributed by atoms with E-state index in [0.717, 1.165) is 12.0 Å². The van der Waals surface area contributed by atoms with Crippen molar-refractivity contribution in [3.8, 4) is 0 Å². The molecule has 15 heavy (non-hydrogen) atoms. The summed E-state index contributed by atoms with van der Waals surface area (Å²) in [4.78, 5) is 0. The number of fused-ring (bicyclic) bond motifs is 3. The molecular weight excluding hydrogens is 184 g/mol. The minimum Gasteiger partial charge on any atom is -0.384 e. The van der Waals surface area contributed by atoms with E-state index in [9.17, 15) is 5.11 Å². The van der Waals surface area contributed by atoms with E-state index in [1.807, 2.05) is 30.4 Å². The van der Waals surface area contributed by atoms with Crippen LogP contribution in [0.5, 0.6) is 0 Å². The molecule has 1 nitrogen and oxygen atoms in total. The third kappa shape index (κ3) is 1.28. The molecular formula is C14H12O. The maximum atomic E-state index is 9.83. The first-order valence-electron chi connectivity index (χ1n) is 5.21. The number of hydrogen-bond donors (Lipinski definition) is 1. The zero-order valence-corrected chi connectivity index (χ0v) is 8.35. The Labute approximate surface area is 88.7 Å². The topological polar surface area (TPSA) is 20.2 Å². The van der Waals surface area contributed by atoms with Gasteiger partial charge >= 0.3 is 0 Å². The Balaban J connectivity index is 2.36. The molecule has 0 heterocycles. The molecule has 1 unspecified atom stereocenters. The average molecular weight is 196 g/mol. The van der Waals surface area contributed by atoms with Gasteiger partial charge in [0.05, 0.1) is 6.10 Å². The van der Waals surface area contributed by atoms with E-state index in [4.69, 9.17) is 0 Å². The lowest BCUT2D eigenvalue weighted by Crippen LogP contribution is -2.04. The predicted molar refractivity (Wildman–Crippen MR) is 61.8 cm³/mol. The minimum absolute atomic E-state index is 0.432. The number of rotatable bonds is 0. The van der Waals surface area contributed by atoms with Gasteiger partial charge in [0.2, 0.25) is 0 Å². The molecule has 0 aliphatic heterocycles. The van der Waals surface area contributed by atoms with Crippen molar-refractivity contribution < 1.29 is 5.11 Å². The number of benzene rings is 2. The van der Waals surface area contributed by atoms with Gasteiger partial charge in [0.15, 0.2) is 0 Å². The zero-order valence-electron chi connectivity index (χ0n) is 8.35. The summed E-state index contributed by atoms with van der Waals surface area (Å²) < 4.78 is 0. The zero-order chi connectivity index (χ0) is 10.3. The Bertz CT molecular complexity index is 540. The van der Waals surface area contributed by atoms with Crippen LogP contribution in [0.3, 0.4) is 0 Å². The quantitative estimate of drug-likeness (QED) is 0.642. The van der Waals surface area contributed by atoms with E-state index in [-0.39, 0.29) is 0 Å². The first kappa shape index (κ1) is 8.69. The lowest BCUT2D eigenvalue weighted by Gasteiger charge is -2.18. The molecule has 1 aliphatic rings. The molecule has 0 radical (unpaired) electrons. The Morgan fingerprint density at radius 1 is 1.07 bits per heavy atom. The molecule has 0 saturated carbocycles. The van der Waals surface area contributed by atoms with Crippen molar-refractivity contribution in [1.82, 2.24) is 0 Å². The van der Waals surface area contributed by atoms with E-state index >= 15 is 0 Å². The number of aliphatic hydroxyl groups excluding tert-OH is 1. The Hall–Kier alpha value is -1.60. The van der Waals surface area contributed by atoms with E-state index in [2.05, 4.69) is 18.2 Å². The summed E-state index contributed by atoms with van der Waals surface area (Å²) >= 11 is 0. The van der Waals surface area contributed by atoms with Crippen molar-refractivity contribution in [3.63, 3.8) is 0 Å². The van der Waals surface area contributed by atoms with Crippen LogP contribution in [-0.4, -0.2) is 5.11 Å². The summed E-state index contributed by atoms with van der Waals surface area (Å²) in [5.74, 6) is 0. The first-order valence-corrected chi connectivity index (χ1v) is 5.21. The van der Waals surface area contributed by atoms with Gasteiger partial charge in [-0.05, 0) is 28.3 Å². The molecule has 1 heteroatoms. The van der Waals surface area contributed by atoms with Crippen LogP contribution in [0.4, 0.5) is 0 Å². The summed E-state index contributed by atoms with van der Waals surface area (Å²) in [6.45, 7) is 0. The maximum absolute atomic E-state index is 9.83. The van der Waals surface area contributed by atoms with Gasteiger partial charge in [0.25, 0.3) is 0 Å². The fourth-order valence-corrected chi connectivity index (χ4v) is 2.28. The van der Waals surface area contributed by atoms with Gasteiger partial charge < -0.3 is 5.11 Å². The van der Waals surface area contributed by atoms with Gasteiger partial charge in [-0.25, -0.2) is 0 Å². The van der Waals surface area contributed by atoms with Crippen LogP contribution in [0.25, 0.3) is 10.8 Å². The second kappa shape index (κ2) is 3.21. The monoisotopic (exact) mass is 196 g/mol. The van der Waals surface area contributed by atoms with Crippen LogP contribution in [0, 0.1) is 0 Å². The summed E-state index contributed by atoms with van der Waals surface area (Å²) in [7, 11) is 0. The van der Waals surface area contributed by atoms with E-state index in [1.165, 1.54) is 16.3 Å². The molecule has 0 amide bonds. The predicted octanol–water partition coefficient (Wildman–Crippen LogP) is 2.99. The lowest BCUT2D eigenvalue weighted by atomic mass is 9.90. The van der Waals surface area contributed by atoms with Crippen LogP contribution in [0.2, 0.25) is 0 Å². The summed E-state index contributed by atoms with van der Waals surface area (Å²) in [5, 5.41) is 12.3. The molecule has 2 aromatic rings. The Morgan fingerprint density at radius 3 is 2.87 bits per heavy atom. The fraction of sp³-hybridized carbons (Fsp3) is 0.143. The Morgan fingerprint density at radius 2 is 1.93 bits per heavy atom. The molecule has 3 rings (SSSR count). The maximum Gasteiger partial charge on any atom is 0.0974 e. The van der Waals surface area contributed by atoms with E-state index < -0.39 is 6.10 Å². The molecule has 1 N–H and O–H groups in total. The lowest BCUT2D eigenvalue weighted by molar-refractivity contribution is 0.225. The van der Waals surface area contributed by atoms with Crippen LogP contribution >= 0.6 is 0 Å². The second-order valence-electron chi connectivity index (χ2n) is 3.93. The smallest absolute Gasteiger partial charge is 0.0974 e. The third-order valence-electron chi connectivity index (χ3n) is 3.04. The second-order valence-corrected chi connectivity index (χ2v) is 3.93. The first-order chi connectivity index (χ1) is 7.36. The largest absolute Gasteiger partial charge is 0.384 e. The summed E-state index contributed by atoms with van der Waals surface area (Å²) in [6.07, 6.45) is 4.39. The number of allylic oxidation sites excluding steroid dienone is 1. The molecule has 1 atom stereocenters. The molecule has 0 fully saturated rings. The molecule has 2 aromatic carbocycles. The van der Waals surface area contributed by atoms with Gasteiger partial charge in [-0.2, -0.15) is 0 Å². The van der Waals surface area contributed by atoms with Crippen LogP contribution in [0.15, 0.2) is 48.6 Å². The molecule has 0 spiro atoms. The van der Waals surface area contributed by atoms with Gasteiger partial charge in [0.1, 0.15) is 0 Å². The van der Waals surface area contributed by atoms with Gasteiger partial charge in [-0.15, -0.1) is 0 Å². The molecule has 0 saturated heterocycles. The van der Waals surface area contributed by atoms with Gasteiger partial charge in [-0.1, -0.05) is 48.6 Å². The summed E-state index contributed by atoms with van der Waals surface area (Å²) in [6, 6.07) is 12.4. The minimum atomic E-state index is -0.432. The number of hydrogen-bond acceptors (Lipinski definition) is 1. The molecule has 74 valence electrons. The standard InChI is InChI=1S/C14H12O/c15-14-7-3-6-12-11-5-2-1-4-10(11)8-9-13(12)14/h1-5,7-9,14-15H,6H2. The molecule has 0 bridgehead atoms. The highest BCUT2D eigenvalue weighted by Gasteiger charge is 2.14. The highest BCUT2D eigenvalue weighted by atomic mass is 16.3. The SMILES string of the molecule is OC1C=CCc2c1ccc1ccccc21. The molecule has 1 aliphatic carbocycles. The van der Waals surface area contributed by atoms with Crippen LogP contribution < -0.4 is 0 Å². The van der Waals surface area contributed by atoms with Gasteiger partial charge in [-0.3, -0.25) is 0 Å². The van der Waals surface area contributed by atoms with Crippen molar-refractivity contribution in [2.75, 3.05) is 0 Å². The highest BCUT2D eigenvalue weighted by molar-refractivity contribution is 5.87. The Kier molecular flexibility index (Phi) is 1.86. The van der Waals surface area contributed by atoms with Crippen LogP contribution in [-0.2, 0) is 6.42 Å². The van der Waals surface area contributed by atoms with Gasteiger partial charge in [0, 0.05) is 0 Å². The van der Waals surface area contributed by atoms with Crippen molar-refractivity contribution >= 4 is 10.8 Å². The normalized spacial score (nSPS) is 19.1. The summed E-state index contributed by atoms with van der Waals surface area (Å²) in [5.41, 5.74) is 2.32. The van der Waals surface area contributed by atoms with Crippen LogP contribution in [0.1, 0.15) is 17.2 Å². The highest BCUT2D eigenvalue weighted by Crippen LogP contribution is 2.30. The third-order valence-corrected chi connectivity index (χ3v) is 3.04. The average Bonchev–Trinajstić information content (AvgIpc) is 2.29. The van der Waals surface area contributed by atoms with Crippen molar-refractivity contribution in [2.45, 2.75) is 12.5 Å². The van der Waals surface area contributed by atoms with Crippen molar-refractivity contribution in [1.29, 1.82) is 0 Å². The molecule has 0 aromatic heterocycles.